The quantitative estimate of drug-likeness (QED) is 0.453. The van der Waals surface area contributed by atoms with E-state index in [1.165, 1.54) is 24.3 Å². The first-order valence-electron chi connectivity index (χ1n) is 8.70. The average Bonchev–Trinajstić information content (AvgIpc) is 2.61. The molecule has 2 heteroatoms. The summed E-state index contributed by atoms with van der Waals surface area (Å²) >= 11 is 0. The van der Waals surface area contributed by atoms with E-state index in [1.54, 1.807) is 10.6 Å². The van der Waals surface area contributed by atoms with E-state index in [0.29, 0.717) is 0 Å². The van der Waals surface area contributed by atoms with Crippen molar-refractivity contribution in [1.29, 1.82) is 0 Å². The van der Waals surface area contributed by atoms with Crippen LogP contribution < -0.4 is 10.6 Å². The topological polar surface area (TPSA) is 0 Å². The zero-order valence-corrected chi connectivity index (χ0v) is 16.4. The van der Waals surface area contributed by atoms with Crippen molar-refractivity contribution in [3.8, 4) is 0 Å². The highest BCUT2D eigenvalue weighted by molar-refractivity contribution is 8.17. The first-order valence-corrected chi connectivity index (χ1v) is 14.1. The van der Waals surface area contributed by atoms with Gasteiger partial charge in [-0.3, -0.25) is 0 Å². The van der Waals surface area contributed by atoms with Crippen molar-refractivity contribution >= 4 is 25.2 Å². The molecule has 0 N–H and O–H groups in total. The Balaban J connectivity index is 2.78. The maximum atomic E-state index is 2.45. The predicted molar refractivity (Wildman–Crippen MR) is 107 cm³/mol. The van der Waals surface area contributed by atoms with E-state index in [4.69, 9.17) is 0 Å². The third-order valence-electron chi connectivity index (χ3n) is 5.65. The predicted octanol–water partition coefficient (Wildman–Crippen LogP) is 5.68. The van der Waals surface area contributed by atoms with Gasteiger partial charge in [-0.05, 0) is 49.3 Å². The van der Waals surface area contributed by atoms with Crippen molar-refractivity contribution in [2.75, 3.05) is 6.16 Å². The molecule has 0 aliphatic carbocycles. The summed E-state index contributed by atoms with van der Waals surface area (Å²) in [5, 5.41) is 3.28. The van der Waals surface area contributed by atoms with Gasteiger partial charge in [0.1, 0.15) is 0 Å². The molecule has 2 aromatic carbocycles. The lowest BCUT2D eigenvalue weighted by Gasteiger charge is -2.41. The molecule has 0 bridgehead atoms. The van der Waals surface area contributed by atoms with Crippen LogP contribution in [0.4, 0.5) is 0 Å². The zero-order valence-electron chi connectivity index (χ0n) is 14.5. The summed E-state index contributed by atoms with van der Waals surface area (Å²) in [5.74, 6) is 0. The Hall–Kier alpha value is -0.913. The molecule has 0 aliphatic heterocycles. The number of rotatable bonds is 7. The van der Waals surface area contributed by atoms with Gasteiger partial charge >= 0.3 is 0 Å². The monoisotopic (exact) mass is 329 g/mol. The number of benzene rings is 2. The molecule has 0 radical (unpaired) electrons. The van der Waals surface area contributed by atoms with Gasteiger partial charge in [-0.25, -0.2) is 0 Å². The minimum atomic E-state index is -1.37. The molecule has 0 aromatic heterocycles. The minimum Gasteiger partial charge on any atom is -0.0644 e. The summed E-state index contributed by atoms with van der Waals surface area (Å²) in [6.07, 6.45) is 1.31. The fourth-order valence-electron chi connectivity index (χ4n) is 4.32. The molecule has 0 amide bonds. The van der Waals surface area contributed by atoms with Crippen molar-refractivity contribution < 1.29 is 0 Å². The van der Waals surface area contributed by atoms with Gasteiger partial charge in [-0.1, -0.05) is 57.2 Å². The van der Waals surface area contributed by atoms with Crippen LogP contribution in [0.2, 0.25) is 18.1 Å². The SMILES string of the molecule is CC[Si](CC)(CC)[P+](CC)(c1ccccc1)c1ccccc1. The minimum absolute atomic E-state index is 1.28. The second kappa shape index (κ2) is 7.57. The molecule has 0 heterocycles. The average molecular weight is 330 g/mol. The standard InChI is InChI=1S/C20H30PSi/c1-5-21(19-15-11-9-12-16-19,20-17-13-10-14-18-20)22(6-2,7-3)8-4/h9-18H,5-8H2,1-4H3/q+1. The van der Waals surface area contributed by atoms with Crippen LogP contribution in [0.3, 0.4) is 0 Å². The first-order chi connectivity index (χ1) is 10.7. The van der Waals surface area contributed by atoms with Crippen LogP contribution in [-0.2, 0) is 0 Å². The van der Waals surface area contributed by atoms with Gasteiger partial charge < -0.3 is 0 Å². The van der Waals surface area contributed by atoms with E-state index in [-0.39, 0.29) is 0 Å². The van der Waals surface area contributed by atoms with Crippen LogP contribution in [0.5, 0.6) is 0 Å². The Kier molecular flexibility index (Phi) is 6.00. The third kappa shape index (κ3) is 2.70. The Bertz CT molecular complexity index is 513. The molecular weight excluding hydrogens is 299 g/mol. The molecule has 22 heavy (non-hydrogen) atoms. The van der Waals surface area contributed by atoms with Gasteiger partial charge in [0.15, 0.2) is 0 Å². The van der Waals surface area contributed by atoms with Gasteiger partial charge in [0.25, 0.3) is 0 Å². The van der Waals surface area contributed by atoms with Gasteiger partial charge in [-0.2, -0.15) is 0 Å². The molecule has 0 atom stereocenters. The van der Waals surface area contributed by atoms with Gasteiger partial charge in [-0.15, -0.1) is 0 Å². The molecule has 0 fully saturated rings. The highest BCUT2D eigenvalue weighted by atomic mass is 31.4. The maximum absolute atomic E-state index is 2.45. The molecule has 118 valence electrons. The van der Waals surface area contributed by atoms with Crippen LogP contribution in [0, 0.1) is 0 Å². The van der Waals surface area contributed by atoms with Crippen LogP contribution in [0.15, 0.2) is 60.7 Å². The fraction of sp³-hybridized carbons (Fsp3) is 0.400. The molecule has 0 unspecified atom stereocenters. The largest absolute Gasteiger partial charge is 0.240 e. The highest BCUT2D eigenvalue weighted by Crippen LogP contribution is 2.67. The van der Waals surface area contributed by atoms with Crippen molar-refractivity contribution in [3.05, 3.63) is 60.7 Å². The van der Waals surface area contributed by atoms with Crippen molar-refractivity contribution in [2.45, 2.75) is 45.8 Å². The second-order valence-electron chi connectivity index (χ2n) is 6.08. The van der Waals surface area contributed by atoms with Gasteiger partial charge in [0, 0.05) is 6.81 Å². The number of hydrogen-bond acceptors (Lipinski definition) is 0. The van der Waals surface area contributed by atoms with E-state index >= 15 is 0 Å². The summed E-state index contributed by atoms with van der Waals surface area (Å²) in [6, 6.07) is 27.1. The summed E-state index contributed by atoms with van der Waals surface area (Å²) in [6.45, 7) is 8.52. The van der Waals surface area contributed by atoms with Crippen LogP contribution >= 0.6 is 6.81 Å². The summed E-state index contributed by atoms with van der Waals surface area (Å²) < 4.78 is 0. The lowest BCUT2D eigenvalue weighted by molar-refractivity contribution is 1.21. The van der Waals surface area contributed by atoms with E-state index in [9.17, 15) is 0 Å². The van der Waals surface area contributed by atoms with E-state index in [1.807, 2.05) is 0 Å². The lowest BCUT2D eigenvalue weighted by Crippen LogP contribution is -2.46. The lowest BCUT2D eigenvalue weighted by atomic mass is 10.4. The summed E-state index contributed by atoms with van der Waals surface area (Å²) in [7, 11) is -1.37. The van der Waals surface area contributed by atoms with Gasteiger partial charge in [0.05, 0.1) is 16.8 Å². The smallest absolute Gasteiger partial charge is 0.0644 e. The summed E-state index contributed by atoms with van der Waals surface area (Å²) in [4.78, 5) is 0. The van der Waals surface area contributed by atoms with Crippen LogP contribution in [-0.4, -0.2) is 13.9 Å². The molecule has 0 spiro atoms. The van der Waals surface area contributed by atoms with E-state index < -0.39 is 14.6 Å². The Morgan fingerprint density at radius 3 is 1.27 bits per heavy atom. The molecular formula is C20H30PSi+. The Morgan fingerprint density at radius 2 is 1.00 bits per heavy atom. The molecule has 0 aliphatic rings. The van der Waals surface area contributed by atoms with E-state index in [0.717, 1.165) is 0 Å². The number of hydrogen-bond donors (Lipinski definition) is 0. The van der Waals surface area contributed by atoms with Crippen LogP contribution in [0.25, 0.3) is 0 Å². The van der Waals surface area contributed by atoms with Crippen molar-refractivity contribution in [3.63, 3.8) is 0 Å². The fourth-order valence-corrected chi connectivity index (χ4v) is 22.7. The molecule has 0 saturated heterocycles. The highest BCUT2D eigenvalue weighted by Gasteiger charge is 2.58. The van der Waals surface area contributed by atoms with Crippen LogP contribution in [0.1, 0.15) is 27.7 Å². The van der Waals surface area contributed by atoms with Crippen molar-refractivity contribution in [1.82, 2.24) is 0 Å². The Labute approximate surface area is 138 Å². The van der Waals surface area contributed by atoms with E-state index in [2.05, 4.69) is 88.4 Å². The second-order valence-corrected chi connectivity index (χ2v) is 19.1. The zero-order chi connectivity index (χ0) is 16.1. The Morgan fingerprint density at radius 1 is 0.636 bits per heavy atom. The molecule has 0 nitrogen and oxygen atoms in total. The first kappa shape index (κ1) is 17.4. The van der Waals surface area contributed by atoms with Gasteiger partial charge in [0.2, 0.25) is 7.74 Å². The molecule has 2 aromatic rings. The normalized spacial score (nSPS) is 12.4. The third-order valence-corrected chi connectivity index (χ3v) is 24.7. The summed E-state index contributed by atoms with van der Waals surface area (Å²) in [5.41, 5.74) is 0. The van der Waals surface area contributed by atoms with Crippen molar-refractivity contribution in [2.24, 2.45) is 0 Å². The maximum Gasteiger partial charge on any atom is 0.240 e. The molecule has 2 rings (SSSR count). The molecule has 0 saturated carbocycles.